The number of nitrogens with zero attached hydrogens (tertiary/aromatic N) is 2. The SMILES string of the molecule is O=C1CC(S)CN1c1cc(-c2ccc(Br)cc2)no1. The second-order valence-electron chi connectivity index (χ2n) is 4.42. The number of anilines is 1. The first kappa shape index (κ1) is 12.7. The summed E-state index contributed by atoms with van der Waals surface area (Å²) in [6.07, 6.45) is 0.442. The number of aromatic nitrogens is 1. The van der Waals surface area contributed by atoms with Gasteiger partial charge in [0.15, 0.2) is 0 Å². The number of hydrogen-bond acceptors (Lipinski definition) is 4. The number of halogens is 1. The van der Waals surface area contributed by atoms with E-state index in [0.717, 1.165) is 15.7 Å². The van der Waals surface area contributed by atoms with E-state index in [1.165, 1.54) is 0 Å². The summed E-state index contributed by atoms with van der Waals surface area (Å²) in [5, 5.41) is 4.07. The third-order valence-electron chi connectivity index (χ3n) is 3.01. The van der Waals surface area contributed by atoms with E-state index < -0.39 is 0 Å². The van der Waals surface area contributed by atoms with Gasteiger partial charge >= 0.3 is 0 Å². The summed E-state index contributed by atoms with van der Waals surface area (Å²) in [5.74, 6) is 0.512. The Morgan fingerprint density at radius 1 is 1.37 bits per heavy atom. The lowest BCUT2D eigenvalue weighted by atomic mass is 10.1. The van der Waals surface area contributed by atoms with Gasteiger partial charge in [0.25, 0.3) is 0 Å². The topological polar surface area (TPSA) is 46.3 Å². The highest BCUT2D eigenvalue weighted by atomic mass is 79.9. The zero-order valence-corrected chi connectivity index (χ0v) is 12.4. The molecule has 1 fully saturated rings. The summed E-state index contributed by atoms with van der Waals surface area (Å²) in [4.78, 5) is 13.3. The Morgan fingerprint density at radius 3 is 2.74 bits per heavy atom. The Balaban J connectivity index is 1.87. The highest BCUT2D eigenvalue weighted by Gasteiger charge is 2.30. The van der Waals surface area contributed by atoms with Crippen LogP contribution in [0.5, 0.6) is 0 Å². The molecule has 0 radical (unpaired) electrons. The second kappa shape index (κ2) is 5.02. The Hall–Kier alpha value is -1.27. The van der Waals surface area contributed by atoms with Gasteiger partial charge in [-0.2, -0.15) is 12.6 Å². The van der Waals surface area contributed by atoms with Crippen molar-refractivity contribution in [1.82, 2.24) is 5.16 Å². The summed E-state index contributed by atoms with van der Waals surface area (Å²) < 4.78 is 6.27. The van der Waals surface area contributed by atoms with Crippen LogP contribution in [0.15, 0.2) is 39.3 Å². The molecule has 19 heavy (non-hydrogen) atoms. The van der Waals surface area contributed by atoms with Crippen molar-refractivity contribution in [3.8, 4) is 11.3 Å². The largest absolute Gasteiger partial charge is 0.338 e. The molecule has 4 nitrogen and oxygen atoms in total. The molecule has 1 saturated heterocycles. The third-order valence-corrected chi connectivity index (χ3v) is 3.88. The fourth-order valence-electron chi connectivity index (χ4n) is 2.05. The van der Waals surface area contributed by atoms with Crippen LogP contribution in [0.2, 0.25) is 0 Å². The highest BCUT2D eigenvalue weighted by molar-refractivity contribution is 9.10. The summed E-state index contributed by atoms with van der Waals surface area (Å²) in [5.41, 5.74) is 1.67. The maximum atomic E-state index is 11.8. The first-order valence-corrected chi connectivity index (χ1v) is 7.15. The molecule has 1 aromatic heterocycles. The van der Waals surface area contributed by atoms with Crippen LogP contribution >= 0.6 is 28.6 Å². The number of rotatable bonds is 2. The zero-order valence-electron chi connectivity index (χ0n) is 9.91. The maximum absolute atomic E-state index is 11.8. The number of thiol groups is 1. The van der Waals surface area contributed by atoms with Crippen LogP contribution < -0.4 is 4.90 Å². The number of carbonyl (C=O) groups is 1. The predicted molar refractivity (Wildman–Crippen MR) is 79.4 cm³/mol. The minimum absolute atomic E-state index is 0.0264. The van der Waals surface area contributed by atoms with E-state index in [-0.39, 0.29) is 11.2 Å². The molecule has 0 spiro atoms. The van der Waals surface area contributed by atoms with Gasteiger partial charge in [-0.25, -0.2) is 0 Å². The molecule has 6 heteroatoms. The number of benzene rings is 1. The molecule has 0 aliphatic carbocycles. The fraction of sp³-hybridized carbons (Fsp3) is 0.231. The summed E-state index contributed by atoms with van der Waals surface area (Å²) in [7, 11) is 0. The van der Waals surface area contributed by atoms with Gasteiger partial charge in [0.1, 0.15) is 5.69 Å². The van der Waals surface area contributed by atoms with Gasteiger partial charge in [0.05, 0.1) is 0 Å². The molecule has 1 aliphatic rings. The molecular formula is C13H11BrN2O2S. The molecule has 0 N–H and O–H groups in total. The Bertz CT molecular complexity index is 611. The van der Waals surface area contributed by atoms with Gasteiger partial charge in [-0.05, 0) is 12.1 Å². The van der Waals surface area contributed by atoms with Gasteiger partial charge < -0.3 is 4.52 Å². The van der Waals surface area contributed by atoms with Gasteiger partial charge in [0.2, 0.25) is 11.8 Å². The minimum Gasteiger partial charge on any atom is -0.338 e. The van der Waals surface area contributed by atoms with Crippen molar-refractivity contribution in [1.29, 1.82) is 0 Å². The molecule has 0 saturated carbocycles. The van der Waals surface area contributed by atoms with Crippen molar-refractivity contribution in [2.24, 2.45) is 0 Å². The second-order valence-corrected chi connectivity index (χ2v) is 6.07. The van der Waals surface area contributed by atoms with Gasteiger partial charge in [-0.3, -0.25) is 9.69 Å². The smallest absolute Gasteiger partial charge is 0.234 e. The number of carbonyl (C=O) groups excluding carboxylic acids is 1. The highest BCUT2D eigenvalue weighted by Crippen LogP contribution is 2.29. The lowest BCUT2D eigenvalue weighted by Crippen LogP contribution is -2.23. The molecular weight excluding hydrogens is 328 g/mol. The molecule has 2 heterocycles. The number of amides is 1. The normalized spacial score (nSPS) is 19.2. The average Bonchev–Trinajstić information content (AvgIpc) is 2.97. The molecule has 1 aromatic carbocycles. The number of hydrogen-bond donors (Lipinski definition) is 1. The summed E-state index contributed by atoms with van der Waals surface area (Å²) in [6.45, 7) is 0.566. The van der Waals surface area contributed by atoms with Crippen molar-refractivity contribution in [3.05, 3.63) is 34.8 Å². The van der Waals surface area contributed by atoms with Crippen LogP contribution in [-0.2, 0) is 4.79 Å². The Morgan fingerprint density at radius 2 is 2.11 bits per heavy atom. The minimum atomic E-state index is 0.0264. The van der Waals surface area contributed by atoms with Crippen LogP contribution in [0.4, 0.5) is 5.88 Å². The predicted octanol–water partition coefficient (Wildman–Crippen LogP) is 3.14. The molecule has 2 aromatic rings. The van der Waals surface area contributed by atoms with Crippen molar-refractivity contribution in [2.45, 2.75) is 11.7 Å². The zero-order chi connectivity index (χ0) is 13.4. The van der Waals surface area contributed by atoms with Crippen LogP contribution in [-0.4, -0.2) is 22.9 Å². The molecule has 1 aliphatic heterocycles. The average molecular weight is 339 g/mol. The van der Waals surface area contributed by atoms with Crippen molar-refractivity contribution in [3.63, 3.8) is 0 Å². The Kier molecular flexibility index (Phi) is 3.36. The lowest BCUT2D eigenvalue weighted by Gasteiger charge is -2.09. The molecule has 1 atom stereocenters. The molecule has 1 amide bonds. The summed E-state index contributed by atoms with van der Waals surface area (Å²) >= 11 is 7.71. The standard InChI is InChI=1S/C13H11BrN2O2S/c14-9-3-1-8(2-4-9)11-6-13(18-15-11)16-7-10(19)5-12(16)17/h1-4,6,10,19H,5,7H2. The van der Waals surface area contributed by atoms with E-state index in [1.54, 1.807) is 11.0 Å². The maximum Gasteiger partial charge on any atom is 0.234 e. The fourth-order valence-corrected chi connectivity index (χ4v) is 2.64. The molecule has 0 bridgehead atoms. The van der Waals surface area contributed by atoms with Crippen LogP contribution in [0.1, 0.15) is 6.42 Å². The Labute approximate surface area is 124 Å². The van der Waals surface area contributed by atoms with E-state index in [1.807, 2.05) is 24.3 Å². The van der Waals surface area contributed by atoms with E-state index in [0.29, 0.717) is 18.8 Å². The van der Waals surface area contributed by atoms with Gasteiger partial charge in [0, 0.05) is 34.3 Å². The van der Waals surface area contributed by atoms with E-state index >= 15 is 0 Å². The van der Waals surface area contributed by atoms with E-state index in [4.69, 9.17) is 4.52 Å². The first-order valence-electron chi connectivity index (χ1n) is 5.84. The molecule has 3 rings (SSSR count). The monoisotopic (exact) mass is 338 g/mol. The van der Waals surface area contributed by atoms with Gasteiger partial charge in [-0.1, -0.05) is 33.2 Å². The van der Waals surface area contributed by atoms with Crippen molar-refractivity contribution < 1.29 is 9.32 Å². The van der Waals surface area contributed by atoms with Crippen LogP contribution in [0.3, 0.4) is 0 Å². The van der Waals surface area contributed by atoms with E-state index in [2.05, 4.69) is 33.7 Å². The summed E-state index contributed by atoms with van der Waals surface area (Å²) in [6, 6.07) is 9.55. The molecule has 98 valence electrons. The van der Waals surface area contributed by atoms with Crippen molar-refractivity contribution in [2.75, 3.05) is 11.4 Å². The van der Waals surface area contributed by atoms with Crippen LogP contribution in [0.25, 0.3) is 11.3 Å². The first-order chi connectivity index (χ1) is 9.13. The van der Waals surface area contributed by atoms with E-state index in [9.17, 15) is 4.79 Å². The van der Waals surface area contributed by atoms with Crippen LogP contribution in [0, 0.1) is 0 Å². The van der Waals surface area contributed by atoms with Gasteiger partial charge in [-0.15, -0.1) is 0 Å². The van der Waals surface area contributed by atoms with Crippen molar-refractivity contribution >= 4 is 40.4 Å². The lowest BCUT2D eigenvalue weighted by molar-refractivity contribution is -0.117. The third kappa shape index (κ3) is 2.55. The molecule has 1 unspecified atom stereocenters. The quantitative estimate of drug-likeness (QED) is 0.855.